The van der Waals surface area contributed by atoms with Crippen LogP contribution in [0.5, 0.6) is 0 Å². The maximum atomic E-state index is 13.3. The normalized spacial score (nSPS) is 20.4. The Morgan fingerprint density at radius 1 is 1.08 bits per heavy atom. The van der Waals surface area contributed by atoms with E-state index in [9.17, 15) is 4.39 Å². The molecule has 2 heterocycles. The number of nitrogens with one attached hydrogen (secondary N) is 2. The number of benzene rings is 2. The van der Waals surface area contributed by atoms with Crippen LogP contribution in [-0.4, -0.2) is 10.1 Å². The Morgan fingerprint density at radius 3 is 2.75 bits per heavy atom. The van der Waals surface area contributed by atoms with Crippen molar-refractivity contribution in [2.24, 2.45) is 0 Å². The molecule has 0 aliphatic carbocycles. The Morgan fingerprint density at radius 2 is 1.92 bits per heavy atom. The van der Waals surface area contributed by atoms with E-state index in [-0.39, 0.29) is 17.9 Å². The fourth-order valence-corrected chi connectivity index (χ4v) is 3.20. The topological polar surface area (TPSA) is 63.0 Å². The van der Waals surface area contributed by atoms with Gasteiger partial charge in [-0.2, -0.15) is 4.98 Å². The molecule has 0 saturated carbocycles. The highest BCUT2D eigenvalue weighted by Gasteiger charge is 2.30. The van der Waals surface area contributed by atoms with Gasteiger partial charge in [0.1, 0.15) is 11.9 Å². The molecule has 2 atom stereocenters. The number of rotatable bonds is 3. The van der Waals surface area contributed by atoms with Gasteiger partial charge in [0, 0.05) is 16.1 Å². The lowest BCUT2D eigenvalue weighted by Crippen LogP contribution is -2.26. The van der Waals surface area contributed by atoms with Gasteiger partial charge in [-0.15, -0.1) is 0 Å². The van der Waals surface area contributed by atoms with E-state index < -0.39 is 0 Å². The van der Waals surface area contributed by atoms with E-state index >= 15 is 0 Å². The van der Waals surface area contributed by atoms with E-state index in [0.29, 0.717) is 17.3 Å². The molecule has 2 unspecified atom stereocenters. The molecule has 2 aromatic carbocycles. The van der Waals surface area contributed by atoms with Crippen LogP contribution in [0.2, 0.25) is 0 Å². The SMILES string of the molecule is Fc1cccc(-c2noc(C3CC(c4cccc(Br)c4)NN3)n2)c1. The Labute approximate surface area is 146 Å². The summed E-state index contributed by atoms with van der Waals surface area (Å²) < 4.78 is 19.7. The summed E-state index contributed by atoms with van der Waals surface area (Å²) >= 11 is 3.48. The zero-order chi connectivity index (χ0) is 16.5. The average molecular weight is 389 g/mol. The summed E-state index contributed by atoms with van der Waals surface area (Å²) in [6.07, 6.45) is 0.779. The van der Waals surface area contributed by atoms with Gasteiger partial charge < -0.3 is 4.52 Å². The minimum atomic E-state index is -0.325. The lowest BCUT2D eigenvalue weighted by atomic mass is 10.0. The first-order chi connectivity index (χ1) is 11.7. The average Bonchev–Trinajstić information content (AvgIpc) is 3.24. The molecule has 1 aromatic heterocycles. The van der Waals surface area contributed by atoms with Crippen molar-refractivity contribution in [2.75, 3.05) is 0 Å². The smallest absolute Gasteiger partial charge is 0.245 e. The van der Waals surface area contributed by atoms with Gasteiger partial charge in [-0.05, 0) is 36.2 Å². The van der Waals surface area contributed by atoms with Gasteiger partial charge in [-0.3, -0.25) is 0 Å². The van der Waals surface area contributed by atoms with E-state index in [1.807, 2.05) is 12.1 Å². The summed E-state index contributed by atoms with van der Waals surface area (Å²) in [7, 11) is 0. The van der Waals surface area contributed by atoms with Gasteiger partial charge in [-0.1, -0.05) is 45.4 Å². The van der Waals surface area contributed by atoms with Gasteiger partial charge in [0.2, 0.25) is 11.7 Å². The molecule has 2 N–H and O–H groups in total. The van der Waals surface area contributed by atoms with Gasteiger partial charge >= 0.3 is 0 Å². The van der Waals surface area contributed by atoms with Crippen LogP contribution in [0, 0.1) is 5.82 Å². The number of hydrogen-bond acceptors (Lipinski definition) is 5. The van der Waals surface area contributed by atoms with Crippen molar-refractivity contribution in [3.8, 4) is 11.4 Å². The highest BCUT2D eigenvalue weighted by Crippen LogP contribution is 2.31. The van der Waals surface area contributed by atoms with Gasteiger partial charge in [-0.25, -0.2) is 15.2 Å². The maximum Gasteiger partial charge on any atom is 0.245 e. The number of aromatic nitrogens is 2. The summed E-state index contributed by atoms with van der Waals surface area (Å²) in [5.74, 6) is 0.547. The second-order valence-corrected chi connectivity index (χ2v) is 6.57. The number of hydrazine groups is 1. The molecule has 1 aliphatic rings. The van der Waals surface area contributed by atoms with Gasteiger partial charge in [0.05, 0.1) is 0 Å². The number of nitrogens with zero attached hydrogens (tertiary/aromatic N) is 2. The van der Waals surface area contributed by atoms with Crippen molar-refractivity contribution in [2.45, 2.75) is 18.5 Å². The molecule has 3 aromatic rings. The fraction of sp³-hybridized carbons (Fsp3) is 0.176. The molecule has 4 rings (SSSR count). The quantitative estimate of drug-likeness (QED) is 0.711. The second kappa shape index (κ2) is 6.43. The molecule has 5 nitrogen and oxygen atoms in total. The van der Waals surface area contributed by atoms with Crippen molar-refractivity contribution >= 4 is 15.9 Å². The Balaban J connectivity index is 1.52. The number of hydrogen-bond donors (Lipinski definition) is 2. The highest BCUT2D eigenvalue weighted by molar-refractivity contribution is 9.10. The monoisotopic (exact) mass is 388 g/mol. The molecule has 24 heavy (non-hydrogen) atoms. The van der Waals surface area contributed by atoms with Crippen LogP contribution < -0.4 is 10.9 Å². The first-order valence-electron chi connectivity index (χ1n) is 7.55. The molecule has 122 valence electrons. The van der Waals surface area contributed by atoms with Crippen LogP contribution in [0.25, 0.3) is 11.4 Å². The lowest BCUT2D eigenvalue weighted by molar-refractivity contribution is 0.340. The third-order valence-electron chi connectivity index (χ3n) is 3.98. The molecule has 7 heteroatoms. The van der Waals surface area contributed by atoms with Crippen molar-refractivity contribution in [1.82, 2.24) is 21.0 Å². The maximum absolute atomic E-state index is 13.3. The van der Waals surface area contributed by atoms with E-state index in [1.54, 1.807) is 12.1 Å². The minimum Gasteiger partial charge on any atom is -0.337 e. The molecule has 0 amide bonds. The number of halogens is 2. The van der Waals surface area contributed by atoms with Crippen LogP contribution >= 0.6 is 15.9 Å². The van der Waals surface area contributed by atoms with Crippen LogP contribution in [0.15, 0.2) is 57.5 Å². The molecule has 0 radical (unpaired) electrons. The highest BCUT2D eigenvalue weighted by atomic mass is 79.9. The fourth-order valence-electron chi connectivity index (χ4n) is 2.78. The molecule has 0 bridgehead atoms. The lowest BCUT2D eigenvalue weighted by Gasteiger charge is -2.09. The molecule has 1 aliphatic heterocycles. The minimum absolute atomic E-state index is 0.0937. The summed E-state index contributed by atoms with van der Waals surface area (Å²) in [6, 6.07) is 14.3. The van der Waals surface area contributed by atoms with Crippen LogP contribution in [-0.2, 0) is 0 Å². The first kappa shape index (κ1) is 15.4. The Bertz CT molecular complexity index is 869. The zero-order valence-electron chi connectivity index (χ0n) is 12.5. The second-order valence-electron chi connectivity index (χ2n) is 5.65. The summed E-state index contributed by atoms with van der Waals surface area (Å²) in [5, 5.41) is 3.96. The van der Waals surface area contributed by atoms with Crippen molar-refractivity contribution in [3.05, 3.63) is 70.3 Å². The van der Waals surface area contributed by atoms with Crippen molar-refractivity contribution in [3.63, 3.8) is 0 Å². The zero-order valence-corrected chi connectivity index (χ0v) is 14.1. The largest absolute Gasteiger partial charge is 0.337 e. The van der Waals surface area contributed by atoms with Crippen molar-refractivity contribution < 1.29 is 8.91 Å². The Hall–Kier alpha value is -2.09. The molecule has 1 fully saturated rings. The molecule has 0 spiro atoms. The predicted molar refractivity (Wildman–Crippen MR) is 90.2 cm³/mol. The van der Waals surface area contributed by atoms with E-state index in [1.165, 1.54) is 17.7 Å². The van der Waals surface area contributed by atoms with Crippen LogP contribution in [0.4, 0.5) is 4.39 Å². The van der Waals surface area contributed by atoms with Crippen LogP contribution in [0.1, 0.15) is 30.0 Å². The van der Waals surface area contributed by atoms with Crippen molar-refractivity contribution in [1.29, 1.82) is 0 Å². The standard InChI is InChI=1S/C17H14BrFN4O/c18-12-5-1-3-10(7-12)14-9-15(22-21-14)17-20-16(23-24-17)11-4-2-6-13(19)8-11/h1-8,14-15,21-22H,9H2. The van der Waals surface area contributed by atoms with Gasteiger partial charge in [0.25, 0.3) is 0 Å². The molecular formula is C17H14BrFN4O. The third kappa shape index (κ3) is 3.10. The predicted octanol–water partition coefficient (Wildman–Crippen LogP) is 3.92. The van der Waals surface area contributed by atoms with Crippen LogP contribution in [0.3, 0.4) is 0 Å². The third-order valence-corrected chi connectivity index (χ3v) is 4.47. The van der Waals surface area contributed by atoms with E-state index in [0.717, 1.165) is 10.9 Å². The van der Waals surface area contributed by atoms with E-state index in [4.69, 9.17) is 4.52 Å². The van der Waals surface area contributed by atoms with E-state index in [2.05, 4.69) is 49.1 Å². The Kier molecular flexibility index (Phi) is 4.13. The first-order valence-corrected chi connectivity index (χ1v) is 8.34. The molecule has 1 saturated heterocycles. The van der Waals surface area contributed by atoms with Gasteiger partial charge in [0.15, 0.2) is 0 Å². The summed E-state index contributed by atoms with van der Waals surface area (Å²) in [5.41, 5.74) is 8.20. The molecular weight excluding hydrogens is 375 g/mol. The summed E-state index contributed by atoms with van der Waals surface area (Å²) in [4.78, 5) is 4.39. The summed E-state index contributed by atoms with van der Waals surface area (Å²) in [6.45, 7) is 0.